The molecule has 45 heavy (non-hydrogen) atoms. The SMILES string of the molecule is CC(C)(CCCCNC(=O)C(CO)NC(=O)OCC1c2ccccc2-c2ccccc21)[Si](O)(c1ccccc1)c1ccccc1. The number of carbonyl (C=O) groups excluding carboxylic acids is 2. The Morgan fingerprint density at radius 2 is 1.31 bits per heavy atom. The van der Waals surface area contributed by atoms with Crippen LogP contribution in [0.2, 0.25) is 5.04 Å². The summed E-state index contributed by atoms with van der Waals surface area (Å²) in [5.41, 5.74) is 4.45. The summed E-state index contributed by atoms with van der Waals surface area (Å²) in [6.07, 6.45) is 1.48. The van der Waals surface area contributed by atoms with Gasteiger partial charge in [0.05, 0.1) is 6.61 Å². The third-order valence-electron chi connectivity index (χ3n) is 9.03. The minimum atomic E-state index is -3.09. The van der Waals surface area contributed by atoms with Crippen molar-refractivity contribution in [3.8, 4) is 11.1 Å². The molecule has 0 bridgehead atoms. The average Bonchev–Trinajstić information content (AvgIpc) is 3.39. The maximum atomic E-state index is 12.8. The van der Waals surface area contributed by atoms with Gasteiger partial charge in [-0.1, -0.05) is 129 Å². The molecular weight excluding hydrogens is 581 g/mol. The van der Waals surface area contributed by atoms with Gasteiger partial charge in [0.25, 0.3) is 8.32 Å². The maximum Gasteiger partial charge on any atom is 0.407 e. The number of amides is 2. The predicted octanol–water partition coefficient (Wildman–Crippen LogP) is 4.70. The number of rotatable bonds is 13. The molecule has 1 atom stereocenters. The minimum Gasteiger partial charge on any atom is -0.449 e. The fourth-order valence-corrected chi connectivity index (χ4v) is 10.3. The topological polar surface area (TPSA) is 108 Å². The standard InChI is InChI=1S/C37H42N2O5Si/c1-37(2,45(43,27-15-5-3-6-16-27)28-17-7-4-8-18-28)23-13-14-24-38-35(41)34(25-40)39-36(42)44-26-33-31-21-11-9-19-29(31)30-20-10-12-22-32(30)33/h3-12,15-22,33-34,40,43H,13-14,23-26H2,1-2H3,(H,38,41)(H,39,42). The Labute approximate surface area is 266 Å². The number of ether oxygens (including phenoxy) is 1. The molecule has 0 saturated carbocycles. The Hall–Kier alpha value is -4.24. The Morgan fingerprint density at radius 1 is 0.800 bits per heavy atom. The van der Waals surface area contributed by atoms with Crippen LogP contribution < -0.4 is 21.0 Å². The van der Waals surface area contributed by atoms with E-state index in [-0.39, 0.29) is 17.6 Å². The first-order valence-electron chi connectivity index (χ1n) is 15.6. The molecule has 1 aliphatic carbocycles. The van der Waals surface area contributed by atoms with Crippen LogP contribution in [0.5, 0.6) is 0 Å². The number of aliphatic hydroxyl groups excluding tert-OH is 1. The van der Waals surface area contributed by atoms with Crippen molar-refractivity contribution in [1.29, 1.82) is 0 Å². The molecular formula is C37H42N2O5Si. The van der Waals surface area contributed by atoms with Crippen LogP contribution in [0.25, 0.3) is 11.1 Å². The molecule has 7 nitrogen and oxygen atoms in total. The molecule has 0 fully saturated rings. The lowest BCUT2D eigenvalue weighted by atomic mass is 9.98. The van der Waals surface area contributed by atoms with Crippen LogP contribution in [0.4, 0.5) is 4.79 Å². The number of carbonyl (C=O) groups is 2. The normalized spacial score (nSPS) is 13.4. The van der Waals surface area contributed by atoms with Gasteiger partial charge in [-0.05, 0) is 50.5 Å². The fraction of sp³-hybridized carbons (Fsp3) is 0.297. The van der Waals surface area contributed by atoms with Crippen LogP contribution in [0.3, 0.4) is 0 Å². The summed E-state index contributed by atoms with van der Waals surface area (Å²) >= 11 is 0. The van der Waals surface area contributed by atoms with E-state index in [1.807, 2.05) is 97.1 Å². The van der Waals surface area contributed by atoms with Crippen LogP contribution in [-0.4, -0.2) is 56.0 Å². The molecule has 0 saturated heterocycles. The fourth-order valence-electron chi connectivity index (χ4n) is 6.49. The van der Waals surface area contributed by atoms with E-state index in [4.69, 9.17) is 4.74 Å². The van der Waals surface area contributed by atoms with Crippen molar-refractivity contribution in [2.24, 2.45) is 0 Å². The summed E-state index contributed by atoms with van der Waals surface area (Å²) in [7, 11) is -3.09. The minimum absolute atomic E-state index is 0.0988. The van der Waals surface area contributed by atoms with Gasteiger partial charge in [-0.2, -0.15) is 0 Å². The summed E-state index contributed by atoms with van der Waals surface area (Å²) in [4.78, 5) is 37.8. The van der Waals surface area contributed by atoms with E-state index in [9.17, 15) is 19.5 Å². The molecule has 1 aliphatic rings. The van der Waals surface area contributed by atoms with Gasteiger partial charge < -0.3 is 25.3 Å². The van der Waals surface area contributed by atoms with Gasteiger partial charge in [0.2, 0.25) is 5.91 Å². The molecule has 234 valence electrons. The summed E-state index contributed by atoms with van der Waals surface area (Å²) in [5.74, 6) is -0.567. The molecule has 4 aromatic rings. The Balaban J connectivity index is 1.11. The molecule has 0 radical (unpaired) electrons. The lowest BCUT2D eigenvalue weighted by Gasteiger charge is -2.41. The molecule has 1 unspecified atom stereocenters. The van der Waals surface area contributed by atoms with Crippen LogP contribution in [-0.2, 0) is 9.53 Å². The lowest BCUT2D eigenvalue weighted by molar-refractivity contribution is -0.123. The van der Waals surface area contributed by atoms with Crippen molar-refractivity contribution in [3.63, 3.8) is 0 Å². The van der Waals surface area contributed by atoms with Gasteiger partial charge in [0.15, 0.2) is 0 Å². The zero-order chi connectivity index (χ0) is 31.9. The first-order valence-corrected chi connectivity index (χ1v) is 17.5. The van der Waals surface area contributed by atoms with Gasteiger partial charge in [0.1, 0.15) is 12.6 Å². The highest BCUT2D eigenvalue weighted by Gasteiger charge is 2.49. The number of nitrogens with one attached hydrogen (secondary N) is 2. The van der Waals surface area contributed by atoms with Crippen molar-refractivity contribution in [1.82, 2.24) is 10.6 Å². The Bertz CT molecular complexity index is 1510. The second-order valence-corrected chi connectivity index (χ2v) is 16.2. The monoisotopic (exact) mass is 622 g/mol. The molecule has 0 aliphatic heterocycles. The summed E-state index contributed by atoms with van der Waals surface area (Å²) < 4.78 is 5.55. The predicted molar refractivity (Wildman–Crippen MR) is 180 cm³/mol. The number of aliphatic hydroxyl groups is 1. The van der Waals surface area contributed by atoms with Crippen molar-refractivity contribution in [2.75, 3.05) is 19.8 Å². The average molecular weight is 623 g/mol. The smallest absolute Gasteiger partial charge is 0.407 e. The van der Waals surface area contributed by atoms with Gasteiger partial charge in [-0.25, -0.2) is 4.79 Å². The molecule has 4 N–H and O–H groups in total. The number of unbranched alkanes of at least 4 members (excludes halogenated alkanes) is 1. The summed E-state index contributed by atoms with van der Waals surface area (Å²) in [5, 5.41) is 16.8. The quantitative estimate of drug-likeness (QED) is 0.128. The number of hydrogen-bond donors (Lipinski definition) is 4. The van der Waals surface area contributed by atoms with Crippen molar-refractivity contribution < 1.29 is 24.2 Å². The highest BCUT2D eigenvalue weighted by Crippen LogP contribution is 2.44. The highest BCUT2D eigenvalue weighted by molar-refractivity contribution is 6.98. The van der Waals surface area contributed by atoms with E-state index < -0.39 is 33.0 Å². The van der Waals surface area contributed by atoms with E-state index >= 15 is 0 Å². The molecule has 0 spiro atoms. The molecule has 4 aromatic carbocycles. The third kappa shape index (κ3) is 6.88. The lowest BCUT2D eigenvalue weighted by Crippen LogP contribution is -2.65. The Morgan fingerprint density at radius 3 is 1.84 bits per heavy atom. The number of fused-ring (bicyclic) bond motifs is 3. The van der Waals surface area contributed by atoms with Crippen LogP contribution in [0.1, 0.15) is 50.2 Å². The summed E-state index contributed by atoms with van der Waals surface area (Å²) in [6, 6.07) is 34.9. The zero-order valence-corrected chi connectivity index (χ0v) is 26.9. The van der Waals surface area contributed by atoms with E-state index in [0.717, 1.165) is 45.5 Å². The number of benzene rings is 4. The van der Waals surface area contributed by atoms with E-state index in [1.54, 1.807) is 0 Å². The van der Waals surface area contributed by atoms with Gasteiger partial charge in [-0.15, -0.1) is 0 Å². The second-order valence-electron chi connectivity index (χ2n) is 12.3. The van der Waals surface area contributed by atoms with Crippen molar-refractivity contribution in [3.05, 3.63) is 120 Å². The van der Waals surface area contributed by atoms with E-state index in [0.29, 0.717) is 13.0 Å². The van der Waals surface area contributed by atoms with Crippen LogP contribution in [0, 0.1) is 0 Å². The van der Waals surface area contributed by atoms with Gasteiger partial charge >= 0.3 is 6.09 Å². The van der Waals surface area contributed by atoms with Gasteiger partial charge in [-0.3, -0.25) is 4.79 Å². The molecule has 5 rings (SSSR count). The highest BCUT2D eigenvalue weighted by atomic mass is 28.4. The van der Waals surface area contributed by atoms with Crippen LogP contribution in [0.15, 0.2) is 109 Å². The van der Waals surface area contributed by atoms with E-state index in [2.05, 4.69) is 36.6 Å². The van der Waals surface area contributed by atoms with Crippen LogP contribution >= 0.6 is 0 Å². The zero-order valence-electron chi connectivity index (χ0n) is 25.9. The number of alkyl carbamates (subject to hydrolysis) is 1. The van der Waals surface area contributed by atoms with Gasteiger partial charge in [0, 0.05) is 12.5 Å². The molecule has 8 heteroatoms. The molecule has 2 amide bonds. The van der Waals surface area contributed by atoms with Crippen molar-refractivity contribution >= 4 is 30.7 Å². The number of hydrogen-bond acceptors (Lipinski definition) is 5. The maximum absolute atomic E-state index is 12.8. The molecule has 0 heterocycles. The largest absolute Gasteiger partial charge is 0.449 e. The van der Waals surface area contributed by atoms with Crippen molar-refractivity contribution in [2.45, 2.75) is 50.1 Å². The van der Waals surface area contributed by atoms with E-state index in [1.165, 1.54) is 0 Å². The Kier molecular flexibility index (Phi) is 10.2. The summed E-state index contributed by atoms with van der Waals surface area (Å²) in [6.45, 7) is 4.21. The third-order valence-corrected chi connectivity index (χ3v) is 13.6. The molecule has 0 aromatic heterocycles. The first kappa shape index (κ1) is 32.2. The second kappa shape index (κ2) is 14.2. The first-order chi connectivity index (χ1) is 21.8.